The standard InChI is InChI=1S/C18H20N2O2/c21-16-4-1-3-13(8-16)9-19-10-14-7-15(12-19)17-5-2-6-18(22)20(17)11-14/h1-6,8,14-15,21H,7,9-12H2/t14-,15+/m0/s1. The van der Waals surface area contributed by atoms with Crippen molar-refractivity contribution in [1.29, 1.82) is 0 Å². The van der Waals surface area contributed by atoms with Crippen LogP contribution in [0.2, 0.25) is 0 Å². The smallest absolute Gasteiger partial charge is 0.250 e. The van der Waals surface area contributed by atoms with E-state index in [1.165, 1.54) is 12.1 Å². The molecule has 0 radical (unpaired) electrons. The van der Waals surface area contributed by atoms with E-state index in [1.807, 2.05) is 22.8 Å². The molecule has 4 rings (SSSR count). The lowest BCUT2D eigenvalue weighted by atomic mass is 9.83. The predicted molar refractivity (Wildman–Crippen MR) is 84.9 cm³/mol. The van der Waals surface area contributed by atoms with Crippen LogP contribution < -0.4 is 5.56 Å². The van der Waals surface area contributed by atoms with Crippen molar-refractivity contribution >= 4 is 0 Å². The summed E-state index contributed by atoms with van der Waals surface area (Å²) >= 11 is 0. The van der Waals surface area contributed by atoms with Gasteiger partial charge in [-0.15, -0.1) is 0 Å². The second-order valence-corrected chi connectivity index (χ2v) is 6.56. The van der Waals surface area contributed by atoms with E-state index in [2.05, 4.69) is 17.0 Å². The van der Waals surface area contributed by atoms with Gasteiger partial charge in [-0.25, -0.2) is 0 Å². The molecule has 1 saturated heterocycles. The Kier molecular flexibility index (Phi) is 3.26. The quantitative estimate of drug-likeness (QED) is 0.924. The maximum Gasteiger partial charge on any atom is 0.250 e. The number of hydrogen-bond donors (Lipinski definition) is 1. The van der Waals surface area contributed by atoms with E-state index < -0.39 is 0 Å². The van der Waals surface area contributed by atoms with Gasteiger partial charge in [0.05, 0.1) is 0 Å². The molecule has 2 aliphatic rings. The molecule has 0 aliphatic carbocycles. The lowest BCUT2D eigenvalue weighted by Gasteiger charge is -2.42. The highest BCUT2D eigenvalue weighted by Gasteiger charge is 2.34. The fourth-order valence-corrected chi connectivity index (χ4v) is 4.04. The zero-order valence-electron chi connectivity index (χ0n) is 12.5. The van der Waals surface area contributed by atoms with Gasteiger partial charge in [0.2, 0.25) is 0 Å². The van der Waals surface area contributed by atoms with Crippen molar-refractivity contribution in [2.24, 2.45) is 5.92 Å². The van der Waals surface area contributed by atoms with E-state index in [1.54, 1.807) is 12.1 Å². The van der Waals surface area contributed by atoms with Crippen molar-refractivity contribution in [1.82, 2.24) is 9.47 Å². The molecule has 0 amide bonds. The normalized spacial score (nSPS) is 24.0. The van der Waals surface area contributed by atoms with Crippen molar-refractivity contribution in [3.8, 4) is 5.75 Å². The van der Waals surface area contributed by atoms with Crippen molar-refractivity contribution in [2.45, 2.75) is 25.4 Å². The number of benzene rings is 1. The highest BCUT2D eigenvalue weighted by molar-refractivity contribution is 5.27. The number of aromatic nitrogens is 1. The van der Waals surface area contributed by atoms with Gasteiger partial charge in [0, 0.05) is 43.9 Å². The van der Waals surface area contributed by atoms with E-state index in [0.717, 1.165) is 31.7 Å². The Morgan fingerprint density at radius 3 is 2.82 bits per heavy atom. The number of aromatic hydroxyl groups is 1. The molecule has 2 bridgehead atoms. The first-order chi connectivity index (χ1) is 10.7. The molecular formula is C18H20N2O2. The molecule has 2 atom stereocenters. The molecule has 0 spiro atoms. The molecule has 1 aromatic heterocycles. The summed E-state index contributed by atoms with van der Waals surface area (Å²) in [7, 11) is 0. The van der Waals surface area contributed by atoms with Gasteiger partial charge in [-0.05, 0) is 36.1 Å². The Hall–Kier alpha value is -2.07. The number of phenolic OH excluding ortho intramolecular Hbond substituents is 1. The minimum atomic E-state index is 0.133. The van der Waals surface area contributed by atoms with Crippen LogP contribution in [0.25, 0.3) is 0 Å². The number of pyridine rings is 1. The number of hydrogen-bond acceptors (Lipinski definition) is 3. The van der Waals surface area contributed by atoms with Gasteiger partial charge in [0.25, 0.3) is 5.56 Å². The third-order valence-corrected chi connectivity index (χ3v) is 4.87. The van der Waals surface area contributed by atoms with Gasteiger partial charge >= 0.3 is 0 Å². The van der Waals surface area contributed by atoms with Crippen LogP contribution >= 0.6 is 0 Å². The zero-order valence-corrected chi connectivity index (χ0v) is 12.5. The van der Waals surface area contributed by atoms with Crippen LogP contribution in [-0.4, -0.2) is 27.7 Å². The van der Waals surface area contributed by atoms with Gasteiger partial charge < -0.3 is 9.67 Å². The van der Waals surface area contributed by atoms with E-state index in [-0.39, 0.29) is 5.56 Å². The van der Waals surface area contributed by atoms with Crippen molar-refractivity contribution in [3.05, 3.63) is 64.1 Å². The Bertz CT molecular complexity index is 753. The third kappa shape index (κ3) is 2.44. The van der Waals surface area contributed by atoms with E-state index >= 15 is 0 Å². The second-order valence-electron chi connectivity index (χ2n) is 6.56. The van der Waals surface area contributed by atoms with Crippen LogP contribution in [0, 0.1) is 5.92 Å². The Morgan fingerprint density at radius 2 is 1.95 bits per heavy atom. The summed E-state index contributed by atoms with van der Waals surface area (Å²) in [6, 6.07) is 13.1. The lowest BCUT2D eigenvalue weighted by Crippen LogP contribution is -2.46. The number of fused-ring (bicyclic) bond motifs is 4. The first-order valence-corrected chi connectivity index (χ1v) is 7.89. The fraction of sp³-hybridized carbons (Fsp3) is 0.389. The van der Waals surface area contributed by atoms with Gasteiger partial charge in [-0.2, -0.15) is 0 Å². The van der Waals surface area contributed by atoms with Crippen LogP contribution in [0.5, 0.6) is 5.75 Å². The highest BCUT2D eigenvalue weighted by atomic mass is 16.3. The summed E-state index contributed by atoms with van der Waals surface area (Å²) in [5.41, 5.74) is 2.46. The first kappa shape index (κ1) is 13.6. The topological polar surface area (TPSA) is 45.5 Å². The van der Waals surface area contributed by atoms with Crippen LogP contribution in [-0.2, 0) is 13.1 Å². The number of rotatable bonds is 2. The zero-order chi connectivity index (χ0) is 15.1. The summed E-state index contributed by atoms with van der Waals surface area (Å²) in [4.78, 5) is 14.5. The van der Waals surface area contributed by atoms with Crippen molar-refractivity contribution in [3.63, 3.8) is 0 Å². The van der Waals surface area contributed by atoms with E-state index in [9.17, 15) is 9.90 Å². The second kappa shape index (κ2) is 5.29. The van der Waals surface area contributed by atoms with Gasteiger partial charge in [0.1, 0.15) is 5.75 Å². The number of piperidine rings is 1. The van der Waals surface area contributed by atoms with Crippen molar-refractivity contribution < 1.29 is 5.11 Å². The molecule has 0 saturated carbocycles. The maximum absolute atomic E-state index is 12.0. The predicted octanol–water partition coefficient (Wildman–Crippen LogP) is 2.17. The Balaban J connectivity index is 1.57. The average Bonchev–Trinajstić information content (AvgIpc) is 2.48. The fourth-order valence-electron chi connectivity index (χ4n) is 4.04. The summed E-state index contributed by atoms with van der Waals surface area (Å²) in [6.07, 6.45) is 1.18. The molecule has 4 heteroatoms. The molecule has 2 aromatic rings. The largest absolute Gasteiger partial charge is 0.508 e. The molecule has 22 heavy (non-hydrogen) atoms. The van der Waals surface area contributed by atoms with Crippen LogP contribution in [0.15, 0.2) is 47.3 Å². The van der Waals surface area contributed by atoms with Gasteiger partial charge in [-0.3, -0.25) is 9.69 Å². The summed E-state index contributed by atoms with van der Waals surface area (Å²) in [5.74, 6) is 1.31. The molecule has 114 valence electrons. The van der Waals surface area contributed by atoms with Crippen LogP contribution in [0.3, 0.4) is 0 Å². The maximum atomic E-state index is 12.0. The molecule has 1 aromatic carbocycles. The summed E-state index contributed by atoms with van der Waals surface area (Å²) in [5, 5.41) is 9.61. The average molecular weight is 296 g/mol. The SMILES string of the molecule is O=c1cccc2n1C[C@H]1C[C@@H]2CN(Cc2cccc(O)c2)C1. The van der Waals surface area contributed by atoms with E-state index in [4.69, 9.17) is 0 Å². The van der Waals surface area contributed by atoms with E-state index in [0.29, 0.717) is 17.6 Å². The molecule has 0 unspecified atom stereocenters. The Morgan fingerprint density at radius 1 is 1.09 bits per heavy atom. The van der Waals surface area contributed by atoms with Gasteiger partial charge in [0.15, 0.2) is 0 Å². The van der Waals surface area contributed by atoms with Crippen molar-refractivity contribution in [2.75, 3.05) is 13.1 Å². The lowest BCUT2D eigenvalue weighted by molar-refractivity contribution is 0.114. The molecule has 1 N–H and O–H groups in total. The minimum absolute atomic E-state index is 0.133. The van der Waals surface area contributed by atoms with Crippen LogP contribution in [0.1, 0.15) is 23.6 Å². The number of phenols is 1. The van der Waals surface area contributed by atoms with Crippen LogP contribution in [0.4, 0.5) is 0 Å². The number of nitrogens with zero attached hydrogens (tertiary/aromatic N) is 2. The molecular weight excluding hydrogens is 276 g/mol. The molecule has 3 heterocycles. The summed E-state index contributed by atoms with van der Waals surface area (Å²) < 4.78 is 1.96. The third-order valence-electron chi connectivity index (χ3n) is 4.87. The minimum Gasteiger partial charge on any atom is -0.508 e. The monoisotopic (exact) mass is 296 g/mol. The Labute approximate surface area is 129 Å². The summed E-state index contributed by atoms with van der Waals surface area (Å²) in [6.45, 7) is 3.70. The molecule has 4 nitrogen and oxygen atoms in total. The molecule has 1 fully saturated rings. The first-order valence-electron chi connectivity index (χ1n) is 7.89. The number of likely N-dealkylation sites (tertiary alicyclic amines) is 1. The highest BCUT2D eigenvalue weighted by Crippen LogP contribution is 2.35. The molecule has 2 aliphatic heterocycles. The van der Waals surface area contributed by atoms with Gasteiger partial charge in [-0.1, -0.05) is 18.2 Å².